The van der Waals surface area contributed by atoms with Gasteiger partial charge in [-0.05, 0) is 25.0 Å². The van der Waals surface area contributed by atoms with Crippen molar-refractivity contribution in [1.29, 1.82) is 0 Å². The van der Waals surface area contributed by atoms with E-state index in [-0.39, 0.29) is 0 Å². The van der Waals surface area contributed by atoms with Gasteiger partial charge in [-0.15, -0.1) is 0 Å². The Morgan fingerprint density at radius 1 is 1.21 bits per heavy atom. The van der Waals surface area contributed by atoms with Crippen LogP contribution >= 0.6 is 0 Å². The molecule has 2 amide bonds. The monoisotopic (exact) mass is 329 g/mol. The number of aromatic amines is 1. The molecule has 2 rings (SSSR count). The second-order valence-corrected chi connectivity index (χ2v) is 5.67. The normalized spacial score (nSPS) is 10.7. The summed E-state index contributed by atoms with van der Waals surface area (Å²) in [5.74, 6) is 0.339. The number of nitrogens with one attached hydrogen (secondary N) is 3. The summed E-state index contributed by atoms with van der Waals surface area (Å²) in [6, 6.07) is 7.06. The standard InChI is InChI=1S/C17H23N5O2/c1-4-12(5-2)10-18-16(23)17(24)20-14-8-6-7-13(9-14)15-19-11(3)21-22-15/h6-9,12H,4-5,10H2,1-3H3,(H,18,23)(H,20,24)(H,19,21,22). The summed E-state index contributed by atoms with van der Waals surface area (Å²) in [5, 5.41) is 12.1. The molecule has 1 heterocycles. The molecule has 0 spiro atoms. The quantitative estimate of drug-likeness (QED) is 0.708. The van der Waals surface area contributed by atoms with Gasteiger partial charge < -0.3 is 10.6 Å². The van der Waals surface area contributed by atoms with Crippen LogP contribution in [0.1, 0.15) is 32.5 Å². The zero-order valence-electron chi connectivity index (χ0n) is 14.2. The molecule has 0 aliphatic heterocycles. The fourth-order valence-corrected chi connectivity index (χ4v) is 2.29. The molecule has 0 unspecified atom stereocenters. The zero-order chi connectivity index (χ0) is 17.5. The van der Waals surface area contributed by atoms with E-state index in [1.165, 1.54) is 0 Å². The number of aromatic nitrogens is 3. The molecule has 3 N–H and O–H groups in total. The van der Waals surface area contributed by atoms with Gasteiger partial charge in [0, 0.05) is 17.8 Å². The van der Waals surface area contributed by atoms with Crippen molar-refractivity contribution >= 4 is 17.5 Å². The number of nitrogens with zero attached hydrogens (tertiary/aromatic N) is 2. The van der Waals surface area contributed by atoms with Crippen LogP contribution in [0, 0.1) is 12.8 Å². The predicted molar refractivity (Wildman–Crippen MR) is 92.3 cm³/mol. The second-order valence-electron chi connectivity index (χ2n) is 5.67. The minimum absolute atomic E-state index is 0.388. The van der Waals surface area contributed by atoms with Gasteiger partial charge in [0.25, 0.3) is 0 Å². The van der Waals surface area contributed by atoms with E-state index in [4.69, 9.17) is 0 Å². The molecule has 1 aromatic carbocycles. The lowest BCUT2D eigenvalue weighted by Gasteiger charge is -2.13. The van der Waals surface area contributed by atoms with E-state index < -0.39 is 11.8 Å². The van der Waals surface area contributed by atoms with Crippen molar-refractivity contribution in [1.82, 2.24) is 20.5 Å². The van der Waals surface area contributed by atoms with Crippen LogP contribution in [0.25, 0.3) is 11.4 Å². The lowest BCUT2D eigenvalue weighted by Crippen LogP contribution is -2.37. The maximum atomic E-state index is 12.0. The molecule has 0 saturated carbocycles. The summed E-state index contributed by atoms with van der Waals surface area (Å²) in [6.45, 7) is 6.45. The van der Waals surface area contributed by atoms with Crippen molar-refractivity contribution in [2.45, 2.75) is 33.6 Å². The fraction of sp³-hybridized carbons (Fsp3) is 0.412. The zero-order valence-corrected chi connectivity index (χ0v) is 14.2. The van der Waals surface area contributed by atoms with E-state index in [0.717, 1.165) is 18.4 Å². The summed E-state index contributed by atoms with van der Waals surface area (Å²) in [5.41, 5.74) is 1.28. The highest BCUT2D eigenvalue weighted by Gasteiger charge is 2.15. The average molecular weight is 329 g/mol. The van der Waals surface area contributed by atoms with Crippen LogP contribution < -0.4 is 10.6 Å². The molecule has 2 aromatic rings. The van der Waals surface area contributed by atoms with Crippen LogP contribution in [-0.4, -0.2) is 33.5 Å². The maximum absolute atomic E-state index is 12.0. The van der Waals surface area contributed by atoms with Crippen LogP contribution in [-0.2, 0) is 9.59 Å². The van der Waals surface area contributed by atoms with E-state index in [0.29, 0.717) is 29.8 Å². The number of carbonyl (C=O) groups is 2. The Morgan fingerprint density at radius 3 is 2.58 bits per heavy atom. The van der Waals surface area contributed by atoms with Crippen LogP contribution in [0.2, 0.25) is 0 Å². The van der Waals surface area contributed by atoms with Gasteiger partial charge >= 0.3 is 11.8 Å². The summed E-state index contributed by atoms with van der Waals surface area (Å²) in [7, 11) is 0. The van der Waals surface area contributed by atoms with Crippen LogP contribution in [0.15, 0.2) is 24.3 Å². The molecule has 0 aliphatic carbocycles. The highest BCUT2D eigenvalue weighted by molar-refractivity contribution is 6.39. The number of hydrogen-bond donors (Lipinski definition) is 3. The Kier molecular flexibility index (Phi) is 6.06. The Labute approximate surface area is 141 Å². The van der Waals surface area contributed by atoms with Gasteiger partial charge in [0.2, 0.25) is 0 Å². The topological polar surface area (TPSA) is 99.8 Å². The van der Waals surface area contributed by atoms with Gasteiger partial charge in [-0.3, -0.25) is 14.7 Å². The summed E-state index contributed by atoms with van der Waals surface area (Å²) >= 11 is 0. The minimum atomic E-state index is -0.677. The van der Waals surface area contributed by atoms with Crippen LogP contribution in [0.4, 0.5) is 5.69 Å². The highest BCUT2D eigenvalue weighted by Crippen LogP contribution is 2.19. The Morgan fingerprint density at radius 2 is 1.96 bits per heavy atom. The molecule has 24 heavy (non-hydrogen) atoms. The molecule has 7 heteroatoms. The molecular formula is C17H23N5O2. The predicted octanol–water partition coefficient (Wildman–Crippen LogP) is 2.27. The molecular weight excluding hydrogens is 306 g/mol. The third kappa shape index (κ3) is 4.65. The second kappa shape index (κ2) is 8.24. The van der Waals surface area contributed by atoms with E-state index in [2.05, 4.69) is 39.7 Å². The third-order valence-electron chi connectivity index (χ3n) is 3.89. The first-order valence-corrected chi connectivity index (χ1v) is 8.12. The van der Waals surface area contributed by atoms with Crippen molar-refractivity contribution in [3.05, 3.63) is 30.1 Å². The number of amides is 2. The highest BCUT2D eigenvalue weighted by atomic mass is 16.2. The van der Waals surface area contributed by atoms with Gasteiger partial charge in [0.1, 0.15) is 5.82 Å². The lowest BCUT2D eigenvalue weighted by atomic mass is 10.0. The largest absolute Gasteiger partial charge is 0.348 e. The van der Waals surface area contributed by atoms with E-state index in [9.17, 15) is 9.59 Å². The molecule has 128 valence electrons. The summed E-state index contributed by atoms with van der Waals surface area (Å²) in [4.78, 5) is 28.1. The van der Waals surface area contributed by atoms with Crippen molar-refractivity contribution < 1.29 is 9.59 Å². The van der Waals surface area contributed by atoms with Gasteiger partial charge in [-0.2, -0.15) is 5.10 Å². The van der Waals surface area contributed by atoms with Crippen molar-refractivity contribution in [3.63, 3.8) is 0 Å². The van der Waals surface area contributed by atoms with E-state index >= 15 is 0 Å². The van der Waals surface area contributed by atoms with Crippen molar-refractivity contribution in [2.75, 3.05) is 11.9 Å². The van der Waals surface area contributed by atoms with Crippen molar-refractivity contribution in [2.24, 2.45) is 5.92 Å². The summed E-state index contributed by atoms with van der Waals surface area (Å²) < 4.78 is 0. The van der Waals surface area contributed by atoms with Crippen LogP contribution in [0.5, 0.6) is 0 Å². The number of anilines is 1. The first kappa shape index (κ1) is 17.7. The van der Waals surface area contributed by atoms with Gasteiger partial charge in [-0.25, -0.2) is 4.98 Å². The summed E-state index contributed by atoms with van der Waals surface area (Å²) in [6.07, 6.45) is 1.94. The minimum Gasteiger partial charge on any atom is -0.348 e. The van der Waals surface area contributed by atoms with Gasteiger partial charge in [0.05, 0.1) is 0 Å². The first-order valence-electron chi connectivity index (χ1n) is 8.12. The Balaban J connectivity index is 1.97. The SMILES string of the molecule is CCC(CC)CNC(=O)C(=O)Nc1cccc(-c2n[nH]c(C)n2)c1. The molecule has 0 fully saturated rings. The van der Waals surface area contributed by atoms with Gasteiger partial charge in [0.15, 0.2) is 5.82 Å². The molecule has 0 bridgehead atoms. The Hall–Kier alpha value is -2.70. The molecule has 0 radical (unpaired) electrons. The number of carbonyl (C=O) groups excluding carboxylic acids is 2. The van der Waals surface area contributed by atoms with E-state index in [1.807, 2.05) is 13.0 Å². The number of rotatable bonds is 6. The smallest absolute Gasteiger partial charge is 0.313 e. The third-order valence-corrected chi connectivity index (χ3v) is 3.89. The molecule has 0 saturated heterocycles. The molecule has 7 nitrogen and oxygen atoms in total. The Bertz CT molecular complexity index is 707. The molecule has 0 aliphatic rings. The number of aryl methyl sites for hydroxylation is 1. The molecule has 0 atom stereocenters. The van der Waals surface area contributed by atoms with E-state index in [1.54, 1.807) is 18.2 Å². The first-order chi connectivity index (χ1) is 11.5. The molecule has 1 aromatic heterocycles. The lowest BCUT2D eigenvalue weighted by molar-refractivity contribution is -0.136. The van der Waals surface area contributed by atoms with Gasteiger partial charge in [-0.1, -0.05) is 38.8 Å². The maximum Gasteiger partial charge on any atom is 0.313 e. The number of H-pyrrole nitrogens is 1. The average Bonchev–Trinajstić information content (AvgIpc) is 3.02. The number of benzene rings is 1. The van der Waals surface area contributed by atoms with Crippen LogP contribution in [0.3, 0.4) is 0 Å². The number of hydrogen-bond acceptors (Lipinski definition) is 4. The fourth-order valence-electron chi connectivity index (χ4n) is 2.29. The van der Waals surface area contributed by atoms with Crippen molar-refractivity contribution in [3.8, 4) is 11.4 Å².